The third-order valence-corrected chi connectivity index (χ3v) is 5.55. The maximum atomic E-state index is 13.6. The zero-order chi connectivity index (χ0) is 24.4. The molecule has 2 rings (SSSR count). The van der Waals surface area contributed by atoms with Crippen LogP contribution in [0.25, 0.3) is 0 Å². The molecule has 0 aliphatic carbocycles. The molecule has 1 aromatic rings. The van der Waals surface area contributed by atoms with Crippen LogP contribution in [-0.4, -0.2) is 46.3 Å². The van der Waals surface area contributed by atoms with E-state index in [1.807, 2.05) is 0 Å². The second kappa shape index (κ2) is 9.63. The number of carbonyl (C=O) groups excluding carboxylic acids is 1. The van der Waals surface area contributed by atoms with E-state index in [2.05, 4.69) is 10.4 Å². The molecule has 0 spiro atoms. The number of alkyl halides is 3. The molecule has 0 unspecified atom stereocenters. The van der Waals surface area contributed by atoms with Crippen LogP contribution in [0.3, 0.4) is 0 Å². The second-order valence-electron chi connectivity index (χ2n) is 10.1. The average molecular weight is 461 g/mol. The Labute approximate surface area is 188 Å². The van der Waals surface area contributed by atoms with Crippen LogP contribution in [0, 0.1) is 0 Å². The summed E-state index contributed by atoms with van der Waals surface area (Å²) in [5.41, 5.74) is -3.09. The van der Waals surface area contributed by atoms with Crippen LogP contribution in [0.5, 0.6) is 0 Å². The molecule has 7 nitrogen and oxygen atoms in total. The lowest BCUT2D eigenvalue weighted by molar-refractivity contribution is -0.140. The normalized spacial score (nSPS) is 18.1. The summed E-state index contributed by atoms with van der Waals surface area (Å²) in [6.07, 6.45) is -0.647. The minimum Gasteiger partial charge on any atom is -0.444 e. The van der Waals surface area contributed by atoms with E-state index in [-0.39, 0.29) is 5.46 Å². The van der Waals surface area contributed by atoms with Crippen LogP contribution < -0.4 is 10.8 Å². The molecule has 1 aliphatic heterocycles. The Bertz CT molecular complexity index is 772. The number of hydrogen-bond acceptors (Lipinski definition) is 5. The van der Waals surface area contributed by atoms with Gasteiger partial charge in [-0.25, -0.2) is 4.79 Å². The minimum atomic E-state index is -4.60. The fourth-order valence-electron chi connectivity index (χ4n) is 3.17. The molecule has 182 valence electrons. The van der Waals surface area contributed by atoms with E-state index in [9.17, 15) is 18.0 Å². The maximum Gasteiger partial charge on any atom is 0.498 e. The fourth-order valence-corrected chi connectivity index (χ4v) is 3.17. The van der Waals surface area contributed by atoms with Gasteiger partial charge in [-0.15, -0.1) is 0 Å². The average Bonchev–Trinajstić information content (AvgIpc) is 3.11. The van der Waals surface area contributed by atoms with Crippen molar-refractivity contribution in [3.05, 3.63) is 11.9 Å². The predicted octanol–water partition coefficient (Wildman–Crippen LogP) is 4.29. The van der Waals surface area contributed by atoms with Crippen LogP contribution in [0.15, 0.2) is 6.20 Å². The molecule has 1 N–H and O–H groups in total. The van der Waals surface area contributed by atoms with E-state index in [0.717, 1.165) is 19.3 Å². The molecule has 1 aliphatic rings. The molecule has 1 saturated heterocycles. The summed E-state index contributed by atoms with van der Waals surface area (Å²) in [6, 6.07) is 0. The van der Waals surface area contributed by atoms with Gasteiger partial charge in [0.25, 0.3) is 0 Å². The molecule has 1 aromatic heterocycles. The number of carbonyl (C=O) groups is 1. The number of unbranched alkanes of at least 4 members (excludes halogenated alkanes) is 3. The Balaban J connectivity index is 1.85. The van der Waals surface area contributed by atoms with E-state index < -0.39 is 41.9 Å². The number of aryl methyl sites for hydroxylation is 1. The molecule has 2 heterocycles. The van der Waals surface area contributed by atoms with Gasteiger partial charge in [-0.3, -0.25) is 4.68 Å². The van der Waals surface area contributed by atoms with Crippen molar-refractivity contribution in [2.45, 2.75) is 104 Å². The Hall–Kier alpha value is -1.75. The highest BCUT2D eigenvalue weighted by molar-refractivity contribution is 6.62. The van der Waals surface area contributed by atoms with Crippen LogP contribution >= 0.6 is 0 Å². The van der Waals surface area contributed by atoms with Gasteiger partial charge in [0, 0.05) is 24.7 Å². The third-order valence-electron chi connectivity index (χ3n) is 5.55. The number of aromatic nitrogens is 2. The zero-order valence-electron chi connectivity index (χ0n) is 20.1. The second-order valence-corrected chi connectivity index (χ2v) is 10.1. The first-order valence-electron chi connectivity index (χ1n) is 11.0. The van der Waals surface area contributed by atoms with Gasteiger partial charge >= 0.3 is 19.4 Å². The largest absolute Gasteiger partial charge is 0.498 e. The van der Waals surface area contributed by atoms with Crippen molar-refractivity contribution >= 4 is 18.7 Å². The number of alkyl carbamates (subject to hydrolysis) is 1. The Morgan fingerprint density at radius 3 is 2.19 bits per heavy atom. The molecular formula is C21H35BF3N3O4. The highest BCUT2D eigenvalue weighted by atomic mass is 19.4. The van der Waals surface area contributed by atoms with Crippen LogP contribution in [0.2, 0.25) is 0 Å². The fraction of sp³-hybridized carbons (Fsp3) is 0.810. The van der Waals surface area contributed by atoms with E-state index in [1.165, 1.54) is 10.9 Å². The molecule has 0 saturated carbocycles. The van der Waals surface area contributed by atoms with Crippen molar-refractivity contribution in [3.8, 4) is 0 Å². The lowest BCUT2D eigenvalue weighted by atomic mass is 9.79. The van der Waals surface area contributed by atoms with Crippen molar-refractivity contribution < 1.29 is 32.0 Å². The molecule has 1 amide bonds. The molecule has 32 heavy (non-hydrogen) atoms. The van der Waals surface area contributed by atoms with Crippen molar-refractivity contribution in [2.24, 2.45) is 0 Å². The summed E-state index contributed by atoms with van der Waals surface area (Å²) in [7, 11) is -1.12. The highest BCUT2D eigenvalue weighted by Gasteiger charge is 2.54. The minimum absolute atomic E-state index is 0.0993. The molecule has 11 heteroatoms. The van der Waals surface area contributed by atoms with Gasteiger partial charge in [0.2, 0.25) is 0 Å². The van der Waals surface area contributed by atoms with Crippen molar-refractivity contribution in [1.82, 2.24) is 15.1 Å². The van der Waals surface area contributed by atoms with Gasteiger partial charge in [-0.05, 0) is 61.3 Å². The van der Waals surface area contributed by atoms with Crippen molar-refractivity contribution in [1.29, 1.82) is 0 Å². The summed E-state index contributed by atoms with van der Waals surface area (Å²) in [6.45, 7) is 13.4. The number of halogens is 3. The van der Waals surface area contributed by atoms with Gasteiger partial charge in [0.15, 0.2) is 5.69 Å². The van der Waals surface area contributed by atoms with E-state index in [1.54, 1.807) is 48.5 Å². The van der Waals surface area contributed by atoms with Crippen LogP contribution in [-0.2, 0) is 26.8 Å². The van der Waals surface area contributed by atoms with Gasteiger partial charge in [0.1, 0.15) is 5.60 Å². The van der Waals surface area contributed by atoms with E-state index >= 15 is 0 Å². The van der Waals surface area contributed by atoms with E-state index in [0.29, 0.717) is 19.5 Å². The Morgan fingerprint density at radius 2 is 1.66 bits per heavy atom. The summed E-state index contributed by atoms with van der Waals surface area (Å²) in [5, 5.41) is 6.46. The van der Waals surface area contributed by atoms with E-state index in [4.69, 9.17) is 14.0 Å². The van der Waals surface area contributed by atoms with Crippen molar-refractivity contribution in [3.63, 3.8) is 0 Å². The first kappa shape index (κ1) is 26.5. The predicted molar refractivity (Wildman–Crippen MR) is 116 cm³/mol. The smallest absolute Gasteiger partial charge is 0.444 e. The number of amides is 1. The number of hydrogen-bond donors (Lipinski definition) is 1. The molecule has 0 aromatic carbocycles. The lowest BCUT2D eigenvalue weighted by Crippen LogP contribution is -2.41. The zero-order valence-corrected chi connectivity index (χ0v) is 20.1. The highest BCUT2D eigenvalue weighted by Crippen LogP contribution is 2.37. The molecule has 1 fully saturated rings. The number of nitrogens with zero attached hydrogens (tertiary/aromatic N) is 2. The van der Waals surface area contributed by atoms with Gasteiger partial charge in [0.05, 0.1) is 11.2 Å². The van der Waals surface area contributed by atoms with Gasteiger partial charge < -0.3 is 19.4 Å². The summed E-state index contributed by atoms with van der Waals surface area (Å²) in [5.74, 6) is 0. The quantitative estimate of drug-likeness (QED) is 0.462. The third kappa shape index (κ3) is 7.13. The number of ether oxygens (including phenoxy) is 1. The topological polar surface area (TPSA) is 74.6 Å². The summed E-state index contributed by atoms with van der Waals surface area (Å²) in [4.78, 5) is 11.6. The van der Waals surface area contributed by atoms with Crippen LogP contribution in [0.4, 0.5) is 18.0 Å². The van der Waals surface area contributed by atoms with Crippen molar-refractivity contribution in [2.75, 3.05) is 6.54 Å². The lowest BCUT2D eigenvalue weighted by Gasteiger charge is -2.32. The molecule has 0 radical (unpaired) electrons. The number of rotatable bonds is 8. The van der Waals surface area contributed by atoms with Gasteiger partial charge in [-0.2, -0.15) is 18.3 Å². The standard InChI is InChI=1S/C21H35BF3N3O4/c1-18(2,3)30-17(29)26-12-10-8-9-11-13-28-14-15(16(27-28)21(23,24)25)22-31-19(4,5)20(6,7)32-22/h14H,8-13H2,1-7H3,(H,26,29). The monoisotopic (exact) mass is 461 g/mol. The molecular weight excluding hydrogens is 426 g/mol. The Morgan fingerprint density at radius 1 is 1.09 bits per heavy atom. The summed E-state index contributed by atoms with van der Waals surface area (Å²) < 4.78 is 58.8. The summed E-state index contributed by atoms with van der Waals surface area (Å²) >= 11 is 0. The first-order chi connectivity index (χ1) is 14.5. The first-order valence-corrected chi connectivity index (χ1v) is 11.0. The van der Waals surface area contributed by atoms with Gasteiger partial charge in [-0.1, -0.05) is 12.8 Å². The molecule has 0 bridgehead atoms. The maximum absolute atomic E-state index is 13.6. The number of nitrogens with one attached hydrogen (secondary N) is 1. The SMILES string of the molecule is CC(C)(C)OC(=O)NCCCCCCn1cc(B2OC(C)(C)C(C)(C)O2)c(C(F)(F)F)n1. The Kier molecular flexibility index (Phi) is 7.97. The van der Waals surface area contributed by atoms with Crippen LogP contribution in [0.1, 0.15) is 79.8 Å². The molecule has 0 atom stereocenters.